The van der Waals surface area contributed by atoms with Gasteiger partial charge in [0, 0.05) is 10.0 Å². The Kier molecular flexibility index (Phi) is 7.79. The predicted octanol–water partition coefficient (Wildman–Crippen LogP) is 7.24. The zero-order valence-electron chi connectivity index (χ0n) is 21.6. The molecule has 0 saturated carbocycles. The molecule has 0 amide bonds. The Morgan fingerprint density at radius 2 is 1.43 bits per heavy atom. The van der Waals surface area contributed by atoms with Crippen molar-refractivity contribution in [2.45, 2.75) is 38.5 Å². The van der Waals surface area contributed by atoms with Crippen molar-refractivity contribution in [2.75, 3.05) is 13.4 Å². The molecule has 190 valence electrons. The molecule has 5 heteroatoms. The molecule has 1 aliphatic rings. The molecule has 37 heavy (non-hydrogen) atoms. The molecule has 1 unspecified atom stereocenters. The average Bonchev–Trinajstić information content (AvgIpc) is 3.44. The fraction of sp³-hybridized carbons (Fsp3) is 0.250. The van der Waals surface area contributed by atoms with Crippen LogP contribution in [0.5, 0.6) is 0 Å². The third kappa shape index (κ3) is 5.24. The van der Waals surface area contributed by atoms with Gasteiger partial charge in [-0.1, -0.05) is 134 Å². The van der Waals surface area contributed by atoms with Crippen LogP contribution in [0.2, 0.25) is 5.04 Å². The minimum Gasteiger partial charge on any atom is -0.403 e. The predicted molar refractivity (Wildman–Crippen MR) is 157 cm³/mol. The van der Waals surface area contributed by atoms with E-state index < -0.39 is 8.32 Å². The van der Waals surface area contributed by atoms with Crippen molar-refractivity contribution < 1.29 is 13.9 Å². The molecule has 0 bridgehead atoms. The van der Waals surface area contributed by atoms with E-state index >= 15 is 0 Å². The smallest absolute Gasteiger partial charge is 0.261 e. The van der Waals surface area contributed by atoms with Crippen molar-refractivity contribution in [2.24, 2.45) is 0 Å². The lowest BCUT2D eigenvalue weighted by atomic mass is 9.96. The van der Waals surface area contributed by atoms with Crippen LogP contribution in [-0.4, -0.2) is 21.7 Å². The Hall–Kier alpha value is -2.54. The van der Waals surface area contributed by atoms with Crippen LogP contribution >= 0.6 is 15.9 Å². The summed E-state index contributed by atoms with van der Waals surface area (Å²) in [5, 5.41) is 2.54. The Morgan fingerprint density at radius 1 is 0.811 bits per heavy atom. The molecule has 0 aliphatic carbocycles. The Bertz CT molecular complexity index is 1270. The average molecular weight is 574 g/mol. The van der Waals surface area contributed by atoms with Gasteiger partial charge in [0.15, 0.2) is 0 Å². The summed E-state index contributed by atoms with van der Waals surface area (Å²) in [6, 6.07) is 36.6. The number of hydrogen-bond acceptors (Lipinski definition) is 3. The van der Waals surface area contributed by atoms with Crippen molar-refractivity contribution in [1.82, 2.24) is 0 Å². The maximum absolute atomic E-state index is 7.12. The van der Waals surface area contributed by atoms with Crippen molar-refractivity contribution in [3.63, 3.8) is 0 Å². The lowest BCUT2D eigenvalue weighted by Gasteiger charge is -2.43. The molecule has 3 nitrogen and oxygen atoms in total. The van der Waals surface area contributed by atoms with Gasteiger partial charge in [0.1, 0.15) is 12.9 Å². The summed E-state index contributed by atoms with van der Waals surface area (Å²) < 4.78 is 19.5. The molecule has 4 aromatic carbocycles. The highest BCUT2D eigenvalue weighted by Gasteiger charge is 2.50. The van der Waals surface area contributed by atoms with E-state index in [2.05, 4.69) is 140 Å². The van der Waals surface area contributed by atoms with Gasteiger partial charge in [-0.3, -0.25) is 0 Å². The van der Waals surface area contributed by atoms with Crippen molar-refractivity contribution in [3.05, 3.63) is 119 Å². The zero-order chi connectivity index (χ0) is 25.9. The Balaban J connectivity index is 1.46. The number of benzene rings is 4. The minimum absolute atomic E-state index is 0.0514. The van der Waals surface area contributed by atoms with Crippen LogP contribution in [0.3, 0.4) is 0 Å². The van der Waals surface area contributed by atoms with E-state index in [0.717, 1.165) is 26.7 Å². The molecular weight excluding hydrogens is 540 g/mol. The van der Waals surface area contributed by atoms with Gasteiger partial charge >= 0.3 is 0 Å². The first kappa shape index (κ1) is 26.1. The highest BCUT2D eigenvalue weighted by Crippen LogP contribution is 2.39. The second-order valence-corrected chi connectivity index (χ2v) is 15.7. The second kappa shape index (κ2) is 11.1. The lowest BCUT2D eigenvalue weighted by molar-refractivity contribution is 0.0465. The van der Waals surface area contributed by atoms with E-state index in [1.807, 2.05) is 0 Å². The van der Waals surface area contributed by atoms with Crippen LogP contribution in [0.25, 0.3) is 11.1 Å². The molecule has 0 N–H and O–H groups in total. The minimum atomic E-state index is -2.58. The van der Waals surface area contributed by atoms with Gasteiger partial charge in [-0.05, 0) is 38.2 Å². The van der Waals surface area contributed by atoms with Crippen molar-refractivity contribution in [3.8, 4) is 11.1 Å². The largest absolute Gasteiger partial charge is 0.403 e. The van der Waals surface area contributed by atoms with E-state index in [9.17, 15) is 0 Å². The molecule has 0 spiro atoms. The summed E-state index contributed by atoms with van der Waals surface area (Å²) in [6.45, 7) is 8.40. The molecule has 0 aromatic heterocycles. The van der Waals surface area contributed by atoms with Crippen molar-refractivity contribution >= 4 is 34.6 Å². The first-order valence-corrected chi connectivity index (χ1v) is 15.4. The lowest BCUT2D eigenvalue weighted by Crippen LogP contribution is -2.66. The van der Waals surface area contributed by atoms with E-state index in [-0.39, 0.29) is 11.1 Å². The molecular formula is C32H33BrO3Si. The van der Waals surface area contributed by atoms with Gasteiger partial charge in [0.2, 0.25) is 0 Å². The fourth-order valence-electron chi connectivity index (χ4n) is 5.35. The van der Waals surface area contributed by atoms with Crippen LogP contribution in [0.4, 0.5) is 0 Å². The quantitative estimate of drug-likeness (QED) is 0.218. The first-order chi connectivity index (χ1) is 17.9. The van der Waals surface area contributed by atoms with E-state index in [0.29, 0.717) is 20.0 Å². The molecule has 1 heterocycles. The molecule has 1 saturated heterocycles. The van der Waals surface area contributed by atoms with Gasteiger partial charge in [0.05, 0.1) is 13.2 Å². The van der Waals surface area contributed by atoms with Gasteiger partial charge in [0.25, 0.3) is 8.32 Å². The summed E-state index contributed by atoms with van der Waals surface area (Å²) in [6.07, 6.45) is -0.0660. The number of halogens is 1. The first-order valence-electron chi connectivity index (χ1n) is 12.7. The molecule has 1 atom stereocenters. The third-order valence-electron chi connectivity index (χ3n) is 7.13. The molecule has 4 aromatic rings. The molecule has 0 radical (unpaired) electrons. The topological polar surface area (TPSA) is 27.7 Å². The van der Waals surface area contributed by atoms with Crippen LogP contribution in [0.15, 0.2) is 108 Å². The van der Waals surface area contributed by atoms with Crippen molar-refractivity contribution in [1.29, 1.82) is 0 Å². The van der Waals surface area contributed by atoms with Gasteiger partial charge in [-0.25, -0.2) is 0 Å². The highest BCUT2D eigenvalue weighted by molar-refractivity contribution is 9.10. The molecule has 1 fully saturated rings. The molecule has 5 rings (SSSR count). The number of ether oxygens (including phenoxy) is 2. The van der Waals surface area contributed by atoms with Gasteiger partial charge in [-0.15, -0.1) is 0 Å². The van der Waals surface area contributed by atoms with E-state index in [4.69, 9.17) is 13.9 Å². The van der Waals surface area contributed by atoms with E-state index in [1.54, 1.807) is 0 Å². The monoisotopic (exact) mass is 572 g/mol. The number of rotatable bonds is 7. The summed E-state index contributed by atoms with van der Waals surface area (Å²) in [7, 11) is -2.58. The Morgan fingerprint density at radius 3 is 1.97 bits per heavy atom. The third-order valence-corrected chi connectivity index (χ3v) is 12.8. The molecule has 1 aliphatic heterocycles. The van der Waals surface area contributed by atoms with Crippen LogP contribution in [0, 0.1) is 0 Å². The summed E-state index contributed by atoms with van der Waals surface area (Å²) in [5.74, 6) is 0. The standard InChI is InChI=1S/C32H33BrO3Si/c1-32(2,3)37(26-11-6-4-7-12-26,27-13-8-5-9-14-27)36-21-24-17-19-25(20-18-24)28-15-10-16-29(33)31(28)30-22-34-23-35-30/h4-20,30H,21-23H2,1-3H3. The summed E-state index contributed by atoms with van der Waals surface area (Å²) in [4.78, 5) is 0. The van der Waals surface area contributed by atoms with Crippen LogP contribution in [0.1, 0.15) is 38.0 Å². The van der Waals surface area contributed by atoms with Crippen LogP contribution in [-0.2, 0) is 20.5 Å². The SMILES string of the molecule is CC(C)(C)[Si](OCc1ccc(-c2cccc(Br)c2C2COCO2)cc1)(c1ccccc1)c1ccccc1. The fourth-order valence-corrected chi connectivity index (χ4v) is 10.5. The maximum atomic E-state index is 7.12. The highest BCUT2D eigenvalue weighted by atomic mass is 79.9. The Labute approximate surface area is 229 Å². The second-order valence-electron chi connectivity index (χ2n) is 10.5. The van der Waals surface area contributed by atoms with Gasteiger partial charge < -0.3 is 13.9 Å². The normalized spacial score (nSPS) is 16.2. The van der Waals surface area contributed by atoms with Crippen LogP contribution < -0.4 is 10.4 Å². The van der Waals surface area contributed by atoms with E-state index in [1.165, 1.54) is 10.4 Å². The number of hydrogen-bond donors (Lipinski definition) is 0. The summed E-state index contributed by atoms with van der Waals surface area (Å²) in [5.41, 5.74) is 4.61. The zero-order valence-corrected chi connectivity index (χ0v) is 24.2. The maximum Gasteiger partial charge on any atom is 0.261 e. The summed E-state index contributed by atoms with van der Waals surface area (Å²) >= 11 is 3.73. The van der Waals surface area contributed by atoms with Gasteiger partial charge in [-0.2, -0.15) is 0 Å².